The highest BCUT2D eigenvalue weighted by Gasteiger charge is 2.46. The Hall–Kier alpha value is -1.39. The second-order valence-electron chi connectivity index (χ2n) is 4.12. The first-order valence-electron chi connectivity index (χ1n) is 5.38. The molecule has 16 heavy (non-hydrogen) atoms. The van der Waals surface area contributed by atoms with Gasteiger partial charge in [0.2, 0.25) is 0 Å². The van der Waals surface area contributed by atoms with Gasteiger partial charge in [0.15, 0.2) is 5.72 Å². The third kappa shape index (κ3) is 1.81. The third-order valence-electron chi connectivity index (χ3n) is 2.86. The Kier molecular flexibility index (Phi) is 2.69. The van der Waals surface area contributed by atoms with Gasteiger partial charge in [-0.25, -0.2) is 4.79 Å². The SMILES string of the molecule is CCCC1(c2ccc(C(=O)O)cc2C)NO1. The molecule has 2 rings (SSSR count). The van der Waals surface area contributed by atoms with Crippen LogP contribution < -0.4 is 5.48 Å². The maximum absolute atomic E-state index is 10.8. The zero-order valence-corrected chi connectivity index (χ0v) is 9.41. The largest absolute Gasteiger partial charge is 0.478 e. The van der Waals surface area contributed by atoms with Crippen LogP contribution in [0.15, 0.2) is 18.2 Å². The van der Waals surface area contributed by atoms with E-state index in [9.17, 15) is 4.79 Å². The molecular weight excluding hydrogens is 206 g/mol. The van der Waals surface area contributed by atoms with Crippen molar-refractivity contribution in [1.82, 2.24) is 5.48 Å². The maximum atomic E-state index is 10.8. The number of carbonyl (C=O) groups is 1. The minimum Gasteiger partial charge on any atom is -0.478 e. The molecule has 86 valence electrons. The summed E-state index contributed by atoms with van der Waals surface area (Å²) in [6.07, 6.45) is 1.90. The number of nitrogens with one attached hydrogen (secondary N) is 1. The lowest BCUT2D eigenvalue weighted by molar-refractivity contribution is 0.0696. The monoisotopic (exact) mass is 221 g/mol. The highest BCUT2D eigenvalue weighted by molar-refractivity contribution is 5.87. The highest BCUT2D eigenvalue weighted by Crippen LogP contribution is 2.39. The second-order valence-corrected chi connectivity index (χ2v) is 4.12. The van der Waals surface area contributed by atoms with Crippen LogP contribution >= 0.6 is 0 Å². The number of carboxylic acids is 1. The minimum atomic E-state index is -0.899. The van der Waals surface area contributed by atoms with Crippen molar-refractivity contribution in [2.75, 3.05) is 0 Å². The summed E-state index contributed by atoms with van der Waals surface area (Å²) in [4.78, 5) is 16.1. The Morgan fingerprint density at radius 1 is 1.56 bits per heavy atom. The van der Waals surface area contributed by atoms with E-state index >= 15 is 0 Å². The van der Waals surface area contributed by atoms with E-state index in [1.165, 1.54) is 0 Å². The van der Waals surface area contributed by atoms with Crippen LogP contribution in [0.25, 0.3) is 0 Å². The molecule has 0 amide bonds. The van der Waals surface area contributed by atoms with Gasteiger partial charge in [-0.15, -0.1) is 0 Å². The van der Waals surface area contributed by atoms with Crippen LogP contribution in [0, 0.1) is 6.92 Å². The van der Waals surface area contributed by atoms with Crippen LogP contribution in [-0.2, 0) is 10.6 Å². The van der Waals surface area contributed by atoms with E-state index in [-0.39, 0.29) is 5.72 Å². The summed E-state index contributed by atoms with van der Waals surface area (Å²) < 4.78 is 0. The Balaban J connectivity index is 2.33. The Labute approximate surface area is 94.2 Å². The molecule has 2 N–H and O–H groups in total. The molecule has 0 spiro atoms. The first-order chi connectivity index (χ1) is 7.59. The van der Waals surface area contributed by atoms with Crippen LogP contribution in [-0.4, -0.2) is 11.1 Å². The smallest absolute Gasteiger partial charge is 0.335 e. The summed E-state index contributed by atoms with van der Waals surface area (Å²) in [5.74, 6) is -0.899. The topological polar surface area (TPSA) is 71.8 Å². The summed E-state index contributed by atoms with van der Waals surface area (Å²) >= 11 is 0. The number of rotatable bonds is 4. The average Bonchev–Trinajstić information content (AvgIpc) is 2.99. The molecule has 1 saturated heterocycles. The van der Waals surface area contributed by atoms with Crippen LogP contribution in [0.3, 0.4) is 0 Å². The lowest BCUT2D eigenvalue weighted by Crippen LogP contribution is -2.14. The van der Waals surface area contributed by atoms with Gasteiger partial charge in [-0.05, 0) is 31.0 Å². The molecule has 0 aliphatic carbocycles. The lowest BCUT2D eigenvalue weighted by Gasteiger charge is -2.12. The van der Waals surface area contributed by atoms with E-state index in [0.717, 1.165) is 24.0 Å². The Morgan fingerprint density at radius 3 is 2.69 bits per heavy atom. The zero-order chi connectivity index (χ0) is 11.8. The summed E-state index contributed by atoms with van der Waals surface area (Å²) in [5.41, 5.74) is 4.81. The summed E-state index contributed by atoms with van der Waals surface area (Å²) in [5, 5.41) is 8.88. The fraction of sp³-hybridized carbons (Fsp3) is 0.417. The van der Waals surface area contributed by atoms with Gasteiger partial charge >= 0.3 is 5.97 Å². The molecule has 4 nitrogen and oxygen atoms in total. The molecule has 1 unspecified atom stereocenters. The first-order valence-corrected chi connectivity index (χ1v) is 5.38. The van der Waals surface area contributed by atoms with Crippen molar-refractivity contribution in [2.45, 2.75) is 32.4 Å². The third-order valence-corrected chi connectivity index (χ3v) is 2.86. The Bertz CT molecular complexity index is 424. The summed E-state index contributed by atoms with van der Waals surface area (Å²) in [6.45, 7) is 3.99. The van der Waals surface area contributed by atoms with Crippen LogP contribution in [0.2, 0.25) is 0 Å². The number of hydrogen-bond acceptors (Lipinski definition) is 3. The van der Waals surface area contributed by atoms with Gasteiger partial charge in [-0.1, -0.05) is 19.4 Å². The number of carboxylic acid groups (broad SMARTS) is 1. The molecule has 0 aromatic heterocycles. The van der Waals surface area contributed by atoms with Gasteiger partial charge in [-0.3, -0.25) is 4.84 Å². The highest BCUT2D eigenvalue weighted by atomic mass is 16.8. The number of aryl methyl sites for hydroxylation is 1. The first kappa shape index (κ1) is 11.1. The molecule has 1 aromatic carbocycles. The predicted octanol–water partition coefficient (Wildman–Crippen LogP) is 2.18. The lowest BCUT2D eigenvalue weighted by atomic mass is 9.95. The number of benzene rings is 1. The van der Waals surface area contributed by atoms with E-state index in [4.69, 9.17) is 9.94 Å². The maximum Gasteiger partial charge on any atom is 0.335 e. The van der Waals surface area contributed by atoms with Crippen molar-refractivity contribution in [1.29, 1.82) is 0 Å². The van der Waals surface area contributed by atoms with Crippen LogP contribution in [0.4, 0.5) is 0 Å². The molecule has 0 saturated carbocycles. The fourth-order valence-electron chi connectivity index (χ4n) is 2.01. The normalized spacial score (nSPS) is 23.1. The number of hydroxylamine groups is 1. The van der Waals surface area contributed by atoms with Crippen LogP contribution in [0.1, 0.15) is 41.3 Å². The standard InChI is InChI=1S/C12H15NO3/c1-3-6-12(13-16-12)10-5-4-9(11(14)15)7-8(10)2/h4-5,7,13H,3,6H2,1-2H3,(H,14,15). The molecule has 1 heterocycles. The quantitative estimate of drug-likeness (QED) is 0.764. The molecule has 1 aliphatic rings. The molecule has 1 fully saturated rings. The van der Waals surface area contributed by atoms with Gasteiger partial charge in [0.05, 0.1) is 5.56 Å². The predicted molar refractivity (Wildman–Crippen MR) is 58.9 cm³/mol. The molecule has 0 radical (unpaired) electrons. The van der Waals surface area contributed by atoms with Crippen molar-refractivity contribution >= 4 is 5.97 Å². The van der Waals surface area contributed by atoms with Crippen molar-refractivity contribution < 1.29 is 14.7 Å². The molecule has 4 heteroatoms. The molecular formula is C12H15NO3. The zero-order valence-electron chi connectivity index (χ0n) is 9.41. The average molecular weight is 221 g/mol. The van der Waals surface area contributed by atoms with Gasteiger partial charge < -0.3 is 5.11 Å². The minimum absolute atomic E-state index is 0.313. The molecule has 1 aliphatic heterocycles. The van der Waals surface area contributed by atoms with Gasteiger partial charge in [-0.2, -0.15) is 5.48 Å². The Morgan fingerprint density at radius 2 is 2.25 bits per heavy atom. The van der Waals surface area contributed by atoms with E-state index in [1.54, 1.807) is 12.1 Å². The van der Waals surface area contributed by atoms with Crippen molar-refractivity contribution in [3.63, 3.8) is 0 Å². The van der Waals surface area contributed by atoms with Crippen molar-refractivity contribution in [3.05, 3.63) is 34.9 Å². The van der Waals surface area contributed by atoms with E-state index in [2.05, 4.69) is 12.4 Å². The molecule has 1 atom stereocenters. The van der Waals surface area contributed by atoms with Gasteiger partial charge in [0, 0.05) is 5.56 Å². The van der Waals surface area contributed by atoms with E-state index in [0.29, 0.717) is 5.56 Å². The summed E-state index contributed by atoms with van der Waals surface area (Å²) in [6, 6.07) is 5.12. The van der Waals surface area contributed by atoms with Crippen molar-refractivity contribution in [3.8, 4) is 0 Å². The van der Waals surface area contributed by atoms with Crippen molar-refractivity contribution in [2.24, 2.45) is 0 Å². The fourth-order valence-corrected chi connectivity index (χ4v) is 2.01. The number of aromatic carboxylic acids is 1. The van der Waals surface area contributed by atoms with Gasteiger partial charge in [0.25, 0.3) is 0 Å². The van der Waals surface area contributed by atoms with Crippen LogP contribution in [0.5, 0.6) is 0 Å². The second kappa shape index (κ2) is 3.88. The van der Waals surface area contributed by atoms with Gasteiger partial charge in [0.1, 0.15) is 0 Å². The summed E-state index contributed by atoms with van der Waals surface area (Å²) in [7, 11) is 0. The number of hydrogen-bond donors (Lipinski definition) is 2. The molecule has 1 aromatic rings. The molecule has 0 bridgehead atoms. The van der Waals surface area contributed by atoms with E-state index < -0.39 is 5.97 Å². The van der Waals surface area contributed by atoms with E-state index in [1.807, 2.05) is 13.0 Å².